The van der Waals surface area contributed by atoms with Gasteiger partial charge in [0.2, 0.25) is 5.91 Å². The van der Waals surface area contributed by atoms with Crippen LogP contribution in [0.3, 0.4) is 0 Å². The third-order valence-corrected chi connectivity index (χ3v) is 16.3. The SMILES string of the molecule is CCCCCCCCCCCCCC(C)C(=O)OCC(COP(=O)(O)OCCCC(=O)CCCCCNC(=O)CCCCC1SC[C@@H]2NC(=O)N[C@H]12)OC(=O)C(C)CCCCCCCCCCCCC. The van der Waals surface area contributed by atoms with E-state index in [1.54, 1.807) is 0 Å². The maximum atomic E-state index is 13.2. The lowest BCUT2D eigenvalue weighted by molar-refractivity contribution is -0.166. The highest BCUT2D eigenvalue weighted by atomic mass is 32.2. The zero-order valence-corrected chi connectivity index (χ0v) is 46.1. The summed E-state index contributed by atoms with van der Waals surface area (Å²) in [6.45, 7) is 7.71. The van der Waals surface area contributed by atoms with Gasteiger partial charge in [-0.1, -0.05) is 182 Å². The number of fused-ring (bicyclic) bond motifs is 1. The Morgan fingerprint density at radius 1 is 0.643 bits per heavy atom. The van der Waals surface area contributed by atoms with E-state index < -0.39 is 38.4 Å². The van der Waals surface area contributed by atoms with Gasteiger partial charge in [-0.3, -0.25) is 28.2 Å². The van der Waals surface area contributed by atoms with Gasteiger partial charge in [-0.05, 0) is 44.9 Å². The van der Waals surface area contributed by atoms with E-state index in [0.29, 0.717) is 43.9 Å². The average Bonchev–Trinajstić information content (AvgIpc) is 3.90. The van der Waals surface area contributed by atoms with E-state index in [-0.39, 0.29) is 61.8 Å². The summed E-state index contributed by atoms with van der Waals surface area (Å²) in [5, 5.41) is 9.32. The molecule has 0 radical (unpaired) electrons. The van der Waals surface area contributed by atoms with Crippen LogP contribution in [0.2, 0.25) is 0 Å². The molecule has 2 saturated heterocycles. The van der Waals surface area contributed by atoms with Gasteiger partial charge >= 0.3 is 25.8 Å². The van der Waals surface area contributed by atoms with E-state index in [9.17, 15) is 33.4 Å². The maximum Gasteiger partial charge on any atom is 0.472 e. The van der Waals surface area contributed by atoms with Crippen LogP contribution in [0.25, 0.3) is 0 Å². The van der Waals surface area contributed by atoms with E-state index in [0.717, 1.165) is 76.4 Å². The van der Waals surface area contributed by atoms with Crippen molar-refractivity contribution < 1.29 is 52.0 Å². The molecule has 2 heterocycles. The molecule has 2 aliphatic rings. The van der Waals surface area contributed by atoms with Gasteiger partial charge in [0.25, 0.3) is 0 Å². The Morgan fingerprint density at radius 3 is 1.74 bits per heavy atom. The highest BCUT2D eigenvalue weighted by molar-refractivity contribution is 8.00. The molecule has 5 unspecified atom stereocenters. The molecule has 0 spiro atoms. The summed E-state index contributed by atoms with van der Waals surface area (Å²) in [4.78, 5) is 73.0. The number of phosphoric ester groups is 1. The van der Waals surface area contributed by atoms with Crippen molar-refractivity contribution in [3.8, 4) is 0 Å². The lowest BCUT2D eigenvalue weighted by Crippen LogP contribution is -2.36. The van der Waals surface area contributed by atoms with Gasteiger partial charge in [-0.25, -0.2) is 9.36 Å². The Bertz CT molecular complexity index is 1460. The Balaban J connectivity index is 1.65. The molecule has 2 fully saturated rings. The first-order valence-corrected chi connectivity index (χ1v) is 30.9. The fourth-order valence-electron chi connectivity index (χ4n) is 9.18. The second kappa shape index (κ2) is 41.2. The Kier molecular flexibility index (Phi) is 37.6. The predicted molar refractivity (Wildman–Crippen MR) is 283 cm³/mol. The molecule has 16 heteroatoms. The quantitative estimate of drug-likeness (QED) is 0.0195. The maximum absolute atomic E-state index is 13.2. The van der Waals surface area contributed by atoms with E-state index in [2.05, 4.69) is 29.8 Å². The second-order valence-corrected chi connectivity index (χ2v) is 23.1. The van der Waals surface area contributed by atoms with E-state index in [1.807, 2.05) is 25.6 Å². The molecule has 0 aliphatic carbocycles. The van der Waals surface area contributed by atoms with Gasteiger partial charge in [-0.2, -0.15) is 11.8 Å². The summed E-state index contributed by atoms with van der Waals surface area (Å²) in [5.41, 5.74) is 0. The van der Waals surface area contributed by atoms with Crippen molar-refractivity contribution in [2.24, 2.45) is 11.8 Å². The fraction of sp³-hybridized carbons (Fsp3) is 0.907. The fourth-order valence-corrected chi connectivity index (χ4v) is 11.5. The van der Waals surface area contributed by atoms with Crippen LogP contribution in [0.5, 0.6) is 0 Å². The van der Waals surface area contributed by atoms with Gasteiger partial charge in [-0.15, -0.1) is 0 Å². The van der Waals surface area contributed by atoms with Gasteiger partial charge in [0, 0.05) is 36.8 Å². The number of urea groups is 1. The summed E-state index contributed by atoms with van der Waals surface area (Å²) in [7, 11) is -4.57. The minimum atomic E-state index is -4.57. The summed E-state index contributed by atoms with van der Waals surface area (Å²) in [6.07, 6.45) is 33.3. The molecular formula is C54H100N3O11PS. The number of hydrogen-bond donors (Lipinski definition) is 4. The summed E-state index contributed by atoms with van der Waals surface area (Å²) >= 11 is 1.88. The molecule has 70 heavy (non-hydrogen) atoms. The molecule has 0 aromatic heterocycles. The molecule has 0 bridgehead atoms. The van der Waals surface area contributed by atoms with Crippen molar-refractivity contribution >= 4 is 49.2 Å². The molecule has 0 saturated carbocycles. The lowest BCUT2D eigenvalue weighted by atomic mass is 10.0. The van der Waals surface area contributed by atoms with E-state index in [1.165, 1.54) is 103 Å². The largest absolute Gasteiger partial charge is 0.472 e. The van der Waals surface area contributed by atoms with Crippen molar-refractivity contribution in [1.82, 2.24) is 16.0 Å². The van der Waals surface area contributed by atoms with Crippen LogP contribution < -0.4 is 16.0 Å². The van der Waals surface area contributed by atoms with Crippen LogP contribution in [0.15, 0.2) is 0 Å². The third kappa shape index (κ3) is 32.8. The summed E-state index contributed by atoms with van der Waals surface area (Å²) in [6, 6.07) is 0.317. The molecule has 7 atom stereocenters. The third-order valence-electron chi connectivity index (χ3n) is 13.8. The molecule has 408 valence electrons. The highest BCUT2D eigenvalue weighted by Gasteiger charge is 2.42. The Labute approximate surface area is 428 Å². The van der Waals surface area contributed by atoms with Crippen LogP contribution in [0.1, 0.15) is 246 Å². The molecule has 4 N–H and O–H groups in total. The minimum Gasteiger partial charge on any atom is -0.461 e. The number of nitrogens with one attached hydrogen (secondary N) is 3. The van der Waals surface area contributed by atoms with Gasteiger partial charge in [0.05, 0.1) is 37.1 Å². The monoisotopic (exact) mass is 1030 g/mol. The number of thioether (sulfide) groups is 1. The normalized spacial score (nSPS) is 18.6. The number of ketones is 1. The number of carbonyl (C=O) groups excluding carboxylic acids is 5. The first-order valence-electron chi connectivity index (χ1n) is 28.3. The topological polar surface area (TPSA) is 196 Å². The molecule has 3 amide bonds. The van der Waals surface area contributed by atoms with E-state index in [4.69, 9.17) is 18.5 Å². The molecule has 2 rings (SSSR count). The summed E-state index contributed by atoms with van der Waals surface area (Å²) in [5.74, 6) is -0.623. The molecule has 0 aromatic rings. The number of ether oxygens (including phenoxy) is 2. The first-order chi connectivity index (χ1) is 33.8. The van der Waals surface area contributed by atoms with Gasteiger partial charge in [0.15, 0.2) is 6.10 Å². The number of unbranched alkanes of at least 4 members (excludes halogenated alkanes) is 23. The van der Waals surface area contributed by atoms with Crippen molar-refractivity contribution in [2.45, 2.75) is 269 Å². The van der Waals surface area contributed by atoms with Crippen LogP contribution >= 0.6 is 19.6 Å². The van der Waals surface area contributed by atoms with Crippen molar-refractivity contribution in [2.75, 3.05) is 32.1 Å². The number of rotatable bonds is 48. The predicted octanol–water partition coefficient (Wildman–Crippen LogP) is 13.0. The number of phosphoric acid groups is 1. The number of esters is 2. The molecule has 2 aliphatic heterocycles. The zero-order valence-electron chi connectivity index (χ0n) is 44.4. The van der Waals surface area contributed by atoms with Crippen LogP contribution in [0.4, 0.5) is 4.79 Å². The van der Waals surface area contributed by atoms with Gasteiger partial charge < -0.3 is 30.3 Å². The van der Waals surface area contributed by atoms with Gasteiger partial charge in [0.1, 0.15) is 12.4 Å². The number of amides is 3. The standard InChI is InChI=1S/C54H100N3O11PS/c1-5-7-9-11-13-15-17-19-21-23-26-33-44(3)52(60)65-41-47(68-53(61)45(4)34-27-24-22-20-18-16-14-12-10-8-6-2)42-67-69(63,64)66-40-32-36-46(58)35-28-25-31-39-55-50(59)38-30-29-37-49-51-48(43-70-49)56-54(62)57-51/h44-45,47-49,51H,5-43H2,1-4H3,(H,55,59)(H,63,64)(H2,56,57,62)/t44?,45?,47?,48-,49?,51-/m0/s1. The highest BCUT2D eigenvalue weighted by Crippen LogP contribution is 2.43. The number of Topliss-reactive ketones (excluding diaryl/α,β-unsaturated/α-hetero) is 1. The second-order valence-electron chi connectivity index (χ2n) is 20.4. The average molecular weight is 1030 g/mol. The number of carbonyl (C=O) groups is 5. The Morgan fingerprint density at radius 2 is 1.16 bits per heavy atom. The van der Waals surface area contributed by atoms with E-state index >= 15 is 0 Å². The number of hydrogen-bond acceptors (Lipinski definition) is 11. The lowest BCUT2D eigenvalue weighted by Gasteiger charge is -2.22. The first kappa shape index (κ1) is 63.9. The summed E-state index contributed by atoms with van der Waals surface area (Å²) < 4.78 is 34.6. The van der Waals surface area contributed by atoms with Crippen LogP contribution in [0, 0.1) is 11.8 Å². The zero-order chi connectivity index (χ0) is 51.1. The van der Waals surface area contributed by atoms with Crippen LogP contribution in [-0.2, 0) is 42.3 Å². The smallest absolute Gasteiger partial charge is 0.461 e. The van der Waals surface area contributed by atoms with Crippen molar-refractivity contribution in [3.05, 3.63) is 0 Å². The Hall–Kier alpha value is -2.19. The van der Waals surface area contributed by atoms with Crippen LogP contribution in [-0.4, -0.2) is 90.1 Å². The van der Waals surface area contributed by atoms with Crippen molar-refractivity contribution in [3.63, 3.8) is 0 Å². The molecule has 14 nitrogen and oxygen atoms in total. The molecular weight excluding hydrogens is 930 g/mol. The van der Waals surface area contributed by atoms with Crippen molar-refractivity contribution in [1.29, 1.82) is 0 Å². The molecule has 0 aromatic carbocycles. The minimum absolute atomic E-state index is 0.0230.